The molecule has 1 amide bonds. The van der Waals surface area contributed by atoms with Gasteiger partial charge in [0.1, 0.15) is 0 Å². The average Bonchev–Trinajstić information content (AvgIpc) is 2.50. The summed E-state index contributed by atoms with van der Waals surface area (Å²) in [5.74, 6) is -0.206. The van der Waals surface area contributed by atoms with Crippen molar-refractivity contribution in [1.82, 2.24) is 0 Å². The smallest absolute Gasteiger partial charge is 0.258 e. The van der Waals surface area contributed by atoms with Crippen LogP contribution in [-0.4, -0.2) is 12.5 Å². The van der Waals surface area contributed by atoms with Gasteiger partial charge >= 0.3 is 0 Å². The molecule has 2 aromatic rings. The Morgan fingerprint density at radius 2 is 2.10 bits per heavy atom. The van der Waals surface area contributed by atoms with Crippen LogP contribution >= 0.6 is 27.5 Å². The molecule has 21 heavy (non-hydrogen) atoms. The number of ether oxygens (including phenoxy) is 1. The Morgan fingerprint density at radius 1 is 1.29 bits per heavy atom. The van der Waals surface area contributed by atoms with Crippen molar-refractivity contribution in [2.45, 2.75) is 12.5 Å². The van der Waals surface area contributed by atoms with Gasteiger partial charge in [-0.3, -0.25) is 4.79 Å². The van der Waals surface area contributed by atoms with Gasteiger partial charge in [0.25, 0.3) is 5.91 Å². The number of hydrogen-bond acceptors (Lipinski definition) is 2. The molecule has 1 heterocycles. The Hall–Kier alpha value is -1.36. The molecule has 5 heteroatoms. The Labute approximate surface area is 136 Å². The van der Waals surface area contributed by atoms with Gasteiger partial charge in [-0.15, -0.1) is 0 Å². The molecule has 0 fully saturated rings. The van der Waals surface area contributed by atoms with E-state index in [4.69, 9.17) is 16.3 Å². The van der Waals surface area contributed by atoms with Crippen LogP contribution in [0, 0.1) is 0 Å². The largest absolute Gasteiger partial charge is 0.363 e. The maximum absolute atomic E-state index is 12.5. The fraction of sp³-hybridized carbons (Fsp3) is 0.188. The summed E-state index contributed by atoms with van der Waals surface area (Å²) in [4.78, 5) is 12.5. The van der Waals surface area contributed by atoms with Gasteiger partial charge in [0.15, 0.2) is 6.10 Å². The lowest BCUT2D eigenvalue weighted by atomic mass is 9.97. The first kappa shape index (κ1) is 14.6. The number of rotatable bonds is 2. The first-order valence-corrected chi connectivity index (χ1v) is 7.77. The number of carbonyl (C=O) groups is 1. The summed E-state index contributed by atoms with van der Waals surface area (Å²) in [5, 5.41) is 3.33. The molecule has 3 nitrogen and oxygen atoms in total. The summed E-state index contributed by atoms with van der Waals surface area (Å²) >= 11 is 9.47. The highest BCUT2D eigenvalue weighted by molar-refractivity contribution is 9.10. The van der Waals surface area contributed by atoms with Gasteiger partial charge in [-0.2, -0.15) is 0 Å². The third-order valence-corrected chi connectivity index (χ3v) is 4.24. The molecule has 0 bridgehead atoms. The van der Waals surface area contributed by atoms with Crippen molar-refractivity contribution in [2.75, 3.05) is 11.9 Å². The van der Waals surface area contributed by atoms with Crippen LogP contribution in [0.1, 0.15) is 17.2 Å². The molecule has 1 unspecified atom stereocenters. The predicted octanol–water partition coefficient (Wildman–Crippen LogP) is 4.36. The second-order valence-corrected chi connectivity index (χ2v) is 6.14. The second kappa shape index (κ2) is 6.18. The van der Waals surface area contributed by atoms with E-state index in [0.717, 1.165) is 22.0 Å². The van der Waals surface area contributed by atoms with E-state index < -0.39 is 6.10 Å². The van der Waals surface area contributed by atoms with Crippen molar-refractivity contribution in [2.24, 2.45) is 0 Å². The highest BCUT2D eigenvalue weighted by Crippen LogP contribution is 2.30. The van der Waals surface area contributed by atoms with Gasteiger partial charge in [0.2, 0.25) is 0 Å². The summed E-state index contributed by atoms with van der Waals surface area (Å²) in [7, 11) is 0. The van der Waals surface area contributed by atoms with Gasteiger partial charge < -0.3 is 10.1 Å². The number of carbonyl (C=O) groups excluding carboxylic acids is 1. The minimum absolute atomic E-state index is 0.206. The summed E-state index contributed by atoms with van der Waals surface area (Å²) in [6.07, 6.45) is 0.238. The van der Waals surface area contributed by atoms with E-state index in [1.165, 1.54) is 0 Å². The molecular formula is C16H13BrClNO2. The molecule has 1 aliphatic heterocycles. The quantitative estimate of drug-likeness (QED) is 0.858. The number of hydrogen-bond donors (Lipinski definition) is 1. The van der Waals surface area contributed by atoms with Crippen LogP contribution in [0.25, 0.3) is 0 Å². The van der Waals surface area contributed by atoms with E-state index in [2.05, 4.69) is 21.2 Å². The molecule has 0 aromatic heterocycles. The Morgan fingerprint density at radius 3 is 2.95 bits per heavy atom. The van der Waals surface area contributed by atoms with E-state index in [1.54, 1.807) is 12.1 Å². The number of anilines is 1. The van der Waals surface area contributed by atoms with Crippen molar-refractivity contribution >= 4 is 39.1 Å². The molecule has 0 radical (unpaired) electrons. The minimum Gasteiger partial charge on any atom is -0.363 e. The van der Waals surface area contributed by atoms with E-state index in [0.29, 0.717) is 17.3 Å². The van der Waals surface area contributed by atoms with Gasteiger partial charge in [0.05, 0.1) is 17.3 Å². The Kier molecular flexibility index (Phi) is 4.29. The lowest BCUT2D eigenvalue weighted by Crippen LogP contribution is -2.28. The van der Waals surface area contributed by atoms with Crippen molar-refractivity contribution in [3.8, 4) is 0 Å². The number of nitrogens with one attached hydrogen (secondary N) is 1. The van der Waals surface area contributed by atoms with Crippen LogP contribution in [0.5, 0.6) is 0 Å². The zero-order valence-electron chi connectivity index (χ0n) is 11.1. The van der Waals surface area contributed by atoms with Crippen molar-refractivity contribution in [1.29, 1.82) is 0 Å². The lowest BCUT2D eigenvalue weighted by molar-refractivity contribution is -0.128. The molecule has 0 spiro atoms. The monoisotopic (exact) mass is 365 g/mol. The molecule has 2 aromatic carbocycles. The van der Waals surface area contributed by atoms with Crippen molar-refractivity contribution < 1.29 is 9.53 Å². The van der Waals surface area contributed by atoms with E-state index in [1.807, 2.05) is 30.3 Å². The van der Waals surface area contributed by atoms with Gasteiger partial charge in [0, 0.05) is 4.47 Å². The second-order valence-electron chi connectivity index (χ2n) is 4.81. The Bertz CT molecular complexity index is 690. The zero-order chi connectivity index (χ0) is 14.8. The number of halogens is 2. The first-order chi connectivity index (χ1) is 10.1. The molecule has 108 valence electrons. The maximum Gasteiger partial charge on any atom is 0.258 e. The summed E-state index contributed by atoms with van der Waals surface area (Å²) < 4.78 is 6.50. The fourth-order valence-electron chi connectivity index (χ4n) is 2.40. The molecule has 0 saturated carbocycles. The molecule has 0 aliphatic carbocycles. The maximum atomic E-state index is 12.5. The van der Waals surface area contributed by atoms with E-state index in [9.17, 15) is 4.79 Å². The predicted molar refractivity (Wildman–Crippen MR) is 86.6 cm³/mol. The topological polar surface area (TPSA) is 38.3 Å². The van der Waals surface area contributed by atoms with Gasteiger partial charge in [-0.25, -0.2) is 0 Å². The number of amides is 1. The minimum atomic E-state index is -0.593. The van der Waals surface area contributed by atoms with E-state index >= 15 is 0 Å². The molecule has 3 rings (SSSR count). The van der Waals surface area contributed by atoms with Gasteiger partial charge in [-0.1, -0.05) is 51.8 Å². The average molecular weight is 367 g/mol. The molecule has 1 N–H and O–H groups in total. The number of benzene rings is 2. The van der Waals surface area contributed by atoms with Crippen molar-refractivity contribution in [3.05, 3.63) is 63.1 Å². The van der Waals surface area contributed by atoms with Crippen LogP contribution in [0.2, 0.25) is 5.02 Å². The molecule has 0 saturated heterocycles. The fourth-order valence-corrected chi connectivity index (χ4v) is 2.93. The third-order valence-electron chi connectivity index (χ3n) is 3.42. The highest BCUT2D eigenvalue weighted by atomic mass is 79.9. The number of fused-ring (bicyclic) bond motifs is 1. The molecular weight excluding hydrogens is 354 g/mol. The van der Waals surface area contributed by atoms with Crippen LogP contribution < -0.4 is 5.32 Å². The first-order valence-electron chi connectivity index (χ1n) is 6.60. The van der Waals surface area contributed by atoms with Gasteiger partial charge in [-0.05, 0) is 35.7 Å². The zero-order valence-corrected chi connectivity index (χ0v) is 13.4. The molecule has 1 aliphatic rings. The lowest BCUT2D eigenvalue weighted by Gasteiger charge is -2.25. The SMILES string of the molecule is O=C(Nc1cc(Br)ccc1Cl)C1OCCc2ccccc21. The highest BCUT2D eigenvalue weighted by Gasteiger charge is 2.27. The van der Waals surface area contributed by atoms with E-state index in [-0.39, 0.29) is 5.91 Å². The van der Waals surface area contributed by atoms with Crippen LogP contribution in [0.4, 0.5) is 5.69 Å². The Balaban J connectivity index is 1.85. The van der Waals surface area contributed by atoms with Crippen molar-refractivity contribution in [3.63, 3.8) is 0 Å². The third kappa shape index (κ3) is 3.12. The van der Waals surface area contributed by atoms with Crippen LogP contribution in [0.3, 0.4) is 0 Å². The normalized spacial score (nSPS) is 17.1. The van der Waals surface area contributed by atoms with Crippen LogP contribution in [0.15, 0.2) is 46.9 Å². The standard InChI is InChI=1S/C16H13BrClNO2/c17-11-5-6-13(18)14(9-11)19-16(20)15-12-4-2-1-3-10(12)7-8-21-15/h1-6,9,15H,7-8H2,(H,19,20). The summed E-state index contributed by atoms with van der Waals surface area (Å²) in [6, 6.07) is 13.2. The summed E-state index contributed by atoms with van der Waals surface area (Å²) in [6.45, 7) is 0.543. The summed E-state index contributed by atoms with van der Waals surface area (Å²) in [5.41, 5.74) is 2.65. The van der Waals surface area contributed by atoms with Crippen LogP contribution in [-0.2, 0) is 16.0 Å². The molecule has 1 atom stereocenters.